The van der Waals surface area contributed by atoms with E-state index in [1.54, 1.807) is 0 Å². The van der Waals surface area contributed by atoms with Gasteiger partial charge in [-0.05, 0) is 0 Å². The van der Waals surface area contributed by atoms with Crippen molar-refractivity contribution in [3.63, 3.8) is 0 Å². The first-order valence-electron chi connectivity index (χ1n) is 3.86. The molecular weight excluding hydrogens is 182 g/mol. The molecule has 0 unspecified atom stereocenters. The molecule has 4 heteroatoms. The van der Waals surface area contributed by atoms with Crippen LogP contribution >= 0.6 is 0 Å². The van der Waals surface area contributed by atoms with Gasteiger partial charge in [0.1, 0.15) is 8.07 Å². The minimum absolute atomic E-state index is 0.442. The predicted octanol–water partition coefficient (Wildman–Crippen LogP) is 1.51. The highest BCUT2D eigenvalue weighted by Gasteiger charge is 2.22. The molecule has 0 atom stereocenters. The number of ether oxygens (including phenoxy) is 1. The second-order valence-corrected chi connectivity index (χ2v) is 6.37. The van der Waals surface area contributed by atoms with Gasteiger partial charge in [0.2, 0.25) is 0 Å². The summed E-state index contributed by atoms with van der Waals surface area (Å²) in [7, 11) is -0.589. The molecule has 0 radical (unpaired) electrons. The molecule has 0 saturated heterocycles. The zero-order chi connectivity index (χ0) is 10.3. The number of amides is 1. The fourth-order valence-corrected chi connectivity index (χ4v) is 2.15. The largest absolute Gasteiger partial charge is 0.453 e. The third-order valence-corrected chi connectivity index (χ3v) is 4.93. The van der Waals surface area contributed by atoms with Crippen LogP contribution in [0.5, 0.6) is 0 Å². The van der Waals surface area contributed by atoms with E-state index in [4.69, 9.17) is 0 Å². The number of hydrogen-bond acceptors (Lipinski definition) is 2. The minimum atomic E-state index is -1.92. The lowest BCUT2D eigenvalue weighted by Crippen LogP contribution is -2.43. The van der Waals surface area contributed by atoms with E-state index < -0.39 is 14.2 Å². The van der Waals surface area contributed by atoms with E-state index in [9.17, 15) is 4.79 Å². The van der Waals surface area contributed by atoms with Gasteiger partial charge in [-0.3, -0.25) is 0 Å². The average Bonchev–Trinajstić information content (AvgIpc) is 2.20. The molecule has 0 aliphatic rings. The van der Waals surface area contributed by atoms with Crippen LogP contribution in [-0.4, -0.2) is 27.4 Å². The van der Waals surface area contributed by atoms with Crippen molar-refractivity contribution in [2.45, 2.75) is 0 Å². The van der Waals surface area contributed by atoms with Gasteiger partial charge in [-0.15, -0.1) is 19.7 Å². The molecule has 1 N–H and O–H groups in total. The number of rotatable bonds is 5. The third kappa shape index (κ3) is 3.29. The first-order valence-corrected chi connectivity index (χ1v) is 6.30. The average molecular weight is 197 g/mol. The van der Waals surface area contributed by atoms with E-state index in [1.165, 1.54) is 7.11 Å². The second-order valence-electron chi connectivity index (χ2n) is 2.57. The summed E-state index contributed by atoms with van der Waals surface area (Å²) < 4.78 is 4.45. The number of carbonyl (C=O) groups is 1. The summed E-state index contributed by atoms with van der Waals surface area (Å²) in [6.07, 6.45) is 0.0540. The molecule has 0 aromatic heterocycles. The highest BCUT2D eigenvalue weighted by atomic mass is 28.3. The van der Waals surface area contributed by atoms with Crippen molar-refractivity contribution in [1.29, 1.82) is 0 Å². The van der Waals surface area contributed by atoms with E-state index in [-0.39, 0.29) is 0 Å². The maximum atomic E-state index is 10.8. The van der Waals surface area contributed by atoms with Crippen LogP contribution in [0.25, 0.3) is 0 Å². The lowest BCUT2D eigenvalue weighted by atomic mass is 11.1. The van der Waals surface area contributed by atoms with Crippen LogP contribution in [-0.2, 0) is 4.74 Å². The fraction of sp³-hybridized carbons (Fsp3) is 0.222. The monoisotopic (exact) mass is 197 g/mol. The summed E-state index contributed by atoms with van der Waals surface area (Å²) in [5.41, 5.74) is 5.43. The summed E-state index contributed by atoms with van der Waals surface area (Å²) >= 11 is 0. The third-order valence-electron chi connectivity index (χ3n) is 1.86. The Kier molecular flexibility index (Phi) is 4.84. The number of hydrogen-bond donors (Lipinski definition) is 1. The van der Waals surface area contributed by atoms with Gasteiger partial charge >= 0.3 is 6.09 Å². The Balaban J connectivity index is 4.26. The van der Waals surface area contributed by atoms with E-state index >= 15 is 0 Å². The van der Waals surface area contributed by atoms with Crippen molar-refractivity contribution in [2.75, 3.05) is 13.3 Å². The molecule has 0 aliphatic heterocycles. The first-order chi connectivity index (χ1) is 6.14. The Bertz CT molecular complexity index is 204. The van der Waals surface area contributed by atoms with Gasteiger partial charge in [0.15, 0.2) is 0 Å². The Labute approximate surface area is 79.8 Å². The molecule has 72 valence electrons. The number of carbonyl (C=O) groups excluding carboxylic acids is 1. The van der Waals surface area contributed by atoms with Gasteiger partial charge in [-0.25, -0.2) is 4.79 Å². The van der Waals surface area contributed by atoms with E-state index in [0.29, 0.717) is 6.17 Å². The van der Waals surface area contributed by atoms with Crippen LogP contribution in [0.2, 0.25) is 0 Å². The molecule has 0 fully saturated rings. The van der Waals surface area contributed by atoms with Crippen LogP contribution in [0.3, 0.4) is 0 Å². The summed E-state index contributed by atoms with van der Waals surface area (Å²) in [5, 5.41) is 2.61. The van der Waals surface area contributed by atoms with Gasteiger partial charge in [-0.2, -0.15) is 0 Å². The topological polar surface area (TPSA) is 38.3 Å². The van der Waals surface area contributed by atoms with Gasteiger partial charge in [-0.1, -0.05) is 17.1 Å². The fourth-order valence-electron chi connectivity index (χ4n) is 0.764. The van der Waals surface area contributed by atoms with Crippen molar-refractivity contribution < 1.29 is 9.53 Å². The minimum Gasteiger partial charge on any atom is -0.453 e. The maximum Gasteiger partial charge on any atom is 0.406 e. The van der Waals surface area contributed by atoms with Crippen LogP contribution in [0.4, 0.5) is 4.79 Å². The Morgan fingerprint density at radius 1 is 1.38 bits per heavy atom. The molecule has 0 aromatic rings. The van der Waals surface area contributed by atoms with Crippen molar-refractivity contribution in [3.8, 4) is 0 Å². The smallest absolute Gasteiger partial charge is 0.406 e. The van der Waals surface area contributed by atoms with Crippen molar-refractivity contribution in [1.82, 2.24) is 5.32 Å². The lowest BCUT2D eigenvalue weighted by molar-refractivity contribution is 0.172. The quantitative estimate of drug-likeness (QED) is 0.678. The summed E-state index contributed by atoms with van der Waals surface area (Å²) in [6, 6.07) is 0. The SMILES string of the molecule is C=C[Si](C=C)(C=C)CNC(=O)OC. The predicted molar refractivity (Wildman–Crippen MR) is 56.8 cm³/mol. The molecule has 0 spiro atoms. The lowest BCUT2D eigenvalue weighted by Gasteiger charge is -2.19. The Morgan fingerprint density at radius 2 is 1.85 bits per heavy atom. The molecule has 0 aromatic carbocycles. The van der Waals surface area contributed by atoms with Gasteiger partial charge in [0.05, 0.1) is 7.11 Å². The standard InChI is InChI=1S/C9H15NO2Si/c1-5-13(6-2,7-3)8-10-9(11)12-4/h5-7H,1-3,8H2,4H3,(H,10,11). The summed E-state index contributed by atoms with van der Waals surface area (Å²) in [6.45, 7) is 11.1. The molecule has 0 aliphatic carbocycles. The van der Waals surface area contributed by atoms with Crippen molar-refractivity contribution in [2.24, 2.45) is 0 Å². The first kappa shape index (κ1) is 11.7. The zero-order valence-corrected chi connectivity index (χ0v) is 8.88. The summed E-state index contributed by atoms with van der Waals surface area (Å²) in [5.74, 6) is 0. The maximum absolute atomic E-state index is 10.8. The second kappa shape index (κ2) is 5.37. The van der Waals surface area contributed by atoms with Crippen LogP contribution in [0.1, 0.15) is 0 Å². The van der Waals surface area contributed by atoms with E-state index in [1.807, 2.05) is 17.1 Å². The number of methoxy groups -OCH3 is 1. The normalized spacial score (nSPS) is 9.92. The molecule has 1 amide bonds. The van der Waals surface area contributed by atoms with Gasteiger partial charge in [0, 0.05) is 6.17 Å². The van der Waals surface area contributed by atoms with Crippen LogP contribution in [0.15, 0.2) is 36.8 Å². The van der Waals surface area contributed by atoms with Crippen LogP contribution in [0, 0.1) is 0 Å². The molecule has 0 saturated carbocycles. The highest BCUT2D eigenvalue weighted by molar-refractivity contribution is 6.93. The highest BCUT2D eigenvalue weighted by Crippen LogP contribution is 2.05. The summed E-state index contributed by atoms with van der Waals surface area (Å²) in [4.78, 5) is 10.8. The zero-order valence-electron chi connectivity index (χ0n) is 7.88. The molecule has 0 heterocycles. The molecule has 3 nitrogen and oxygen atoms in total. The number of alkyl carbamates (subject to hydrolysis) is 1. The van der Waals surface area contributed by atoms with Crippen molar-refractivity contribution in [3.05, 3.63) is 36.8 Å². The molecular formula is C9H15NO2Si. The van der Waals surface area contributed by atoms with Crippen molar-refractivity contribution >= 4 is 14.2 Å². The molecule has 0 rings (SSSR count). The molecule has 0 bridgehead atoms. The number of nitrogens with one attached hydrogen (secondary N) is 1. The Hall–Kier alpha value is -1.29. The van der Waals surface area contributed by atoms with E-state index in [0.717, 1.165) is 0 Å². The van der Waals surface area contributed by atoms with Gasteiger partial charge < -0.3 is 10.1 Å². The van der Waals surface area contributed by atoms with E-state index in [2.05, 4.69) is 29.8 Å². The molecule has 13 heavy (non-hydrogen) atoms. The van der Waals surface area contributed by atoms with Crippen LogP contribution < -0.4 is 5.32 Å². The Morgan fingerprint density at radius 3 is 2.15 bits per heavy atom. The van der Waals surface area contributed by atoms with Gasteiger partial charge in [0.25, 0.3) is 0 Å².